The fourth-order valence-electron chi connectivity index (χ4n) is 1.26. The van der Waals surface area contributed by atoms with Crippen LogP contribution >= 0.6 is 0 Å². The Morgan fingerprint density at radius 1 is 1.45 bits per heavy atom. The van der Waals surface area contributed by atoms with Gasteiger partial charge in [0, 0.05) is 5.92 Å². The minimum absolute atomic E-state index is 0.345. The number of hydrogen-bond acceptors (Lipinski definition) is 1. The Kier molecular flexibility index (Phi) is 2.26. The molecule has 0 amide bonds. The SMILES string of the molecule is CC(C)C1=CC(C)(C)CCO1. The fraction of sp³-hybridized carbons (Fsp3) is 0.800. The molecule has 0 aliphatic carbocycles. The van der Waals surface area contributed by atoms with Gasteiger partial charge in [-0.3, -0.25) is 0 Å². The van der Waals surface area contributed by atoms with Gasteiger partial charge in [-0.2, -0.15) is 0 Å². The van der Waals surface area contributed by atoms with Crippen LogP contribution in [0.5, 0.6) is 0 Å². The molecule has 0 aromatic heterocycles. The fourth-order valence-corrected chi connectivity index (χ4v) is 1.26. The summed E-state index contributed by atoms with van der Waals surface area (Å²) in [4.78, 5) is 0. The van der Waals surface area contributed by atoms with Crippen LogP contribution in [0.2, 0.25) is 0 Å². The summed E-state index contributed by atoms with van der Waals surface area (Å²) in [5.74, 6) is 1.70. The maximum atomic E-state index is 5.54. The van der Waals surface area contributed by atoms with Crippen LogP contribution < -0.4 is 0 Å². The van der Waals surface area contributed by atoms with E-state index in [1.807, 2.05) is 0 Å². The van der Waals surface area contributed by atoms with Gasteiger partial charge in [0.05, 0.1) is 12.4 Å². The van der Waals surface area contributed by atoms with E-state index in [9.17, 15) is 0 Å². The smallest absolute Gasteiger partial charge is 0.0950 e. The zero-order chi connectivity index (χ0) is 8.48. The summed E-state index contributed by atoms with van der Waals surface area (Å²) in [5.41, 5.74) is 0.345. The van der Waals surface area contributed by atoms with Crippen molar-refractivity contribution in [2.45, 2.75) is 34.1 Å². The van der Waals surface area contributed by atoms with Crippen LogP contribution in [0.4, 0.5) is 0 Å². The van der Waals surface area contributed by atoms with Crippen molar-refractivity contribution in [2.75, 3.05) is 6.61 Å². The number of hydrogen-bond donors (Lipinski definition) is 0. The van der Waals surface area contributed by atoms with Crippen LogP contribution in [0.15, 0.2) is 11.8 Å². The van der Waals surface area contributed by atoms with Crippen LogP contribution in [0.25, 0.3) is 0 Å². The first-order chi connectivity index (χ1) is 5.01. The van der Waals surface area contributed by atoms with Gasteiger partial charge in [0.1, 0.15) is 0 Å². The van der Waals surface area contributed by atoms with Gasteiger partial charge in [-0.05, 0) is 17.9 Å². The molecule has 11 heavy (non-hydrogen) atoms. The number of allylic oxidation sites excluding steroid dienone is 2. The summed E-state index contributed by atoms with van der Waals surface area (Å²) in [6.07, 6.45) is 3.41. The summed E-state index contributed by atoms with van der Waals surface area (Å²) in [6.45, 7) is 9.76. The van der Waals surface area contributed by atoms with Crippen LogP contribution in [0.1, 0.15) is 34.1 Å². The van der Waals surface area contributed by atoms with Crippen molar-refractivity contribution >= 4 is 0 Å². The van der Waals surface area contributed by atoms with Gasteiger partial charge in [0.2, 0.25) is 0 Å². The second-order valence-corrected chi connectivity index (χ2v) is 4.29. The highest BCUT2D eigenvalue weighted by molar-refractivity contribution is 5.06. The molecule has 0 N–H and O–H groups in total. The molecule has 1 rings (SSSR count). The molecule has 1 heterocycles. The third-order valence-electron chi connectivity index (χ3n) is 2.12. The van der Waals surface area contributed by atoms with Crippen molar-refractivity contribution in [3.05, 3.63) is 11.8 Å². The summed E-state index contributed by atoms with van der Waals surface area (Å²) >= 11 is 0. The molecule has 1 nitrogen and oxygen atoms in total. The summed E-state index contributed by atoms with van der Waals surface area (Å²) < 4.78 is 5.54. The van der Waals surface area contributed by atoms with E-state index in [2.05, 4.69) is 33.8 Å². The molecule has 1 heteroatoms. The quantitative estimate of drug-likeness (QED) is 0.564. The first-order valence-electron chi connectivity index (χ1n) is 4.37. The Morgan fingerprint density at radius 2 is 2.09 bits per heavy atom. The maximum absolute atomic E-state index is 5.54. The Bertz CT molecular complexity index is 166. The highest BCUT2D eigenvalue weighted by Crippen LogP contribution is 2.31. The molecular weight excluding hydrogens is 136 g/mol. The average molecular weight is 154 g/mol. The maximum Gasteiger partial charge on any atom is 0.0950 e. The van der Waals surface area contributed by atoms with Gasteiger partial charge in [-0.1, -0.05) is 27.7 Å². The zero-order valence-electron chi connectivity index (χ0n) is 7.98. The molecule has 0 aromatic carbocycles. The van der Waals surface area contributed by atoms with Crippen molar-refractivity contribution < 1.29 is 4.74 Å². The van der Waals surface area contributed by atoms with Crippen molar-refractivity contribution in [1.82, 2.24) is 0 Å². The third-order valence-corrected chi connectivity index (χ3v) is 2.12. The van der Waals surface area contributed by atoms with E-state index >= 15 is 0 Å². The summed E-state index contributed by atoms with van der Waals surface area (Å²) in [5, 5.41) is 0. The van der Waals surface area contributed by atoms with Gasteiger partial charge in [0.15, 0.2) is 0 Å². The molecule has 64 valence electrons. The molecule has 0 fully saturated rings. The monoisotopic (exact) mass is 154 g/mol. The molecule has 0 bridgehead atoms. The molecule has 0 saturated heterocycles. The molecule has 0 spiro atoms. The van der Waals surface area contributed by atoms with E-state index in [4.69, 9.17) is 4.74 Å². The summed E-state index contributed by atoms with van der Waals surface area (Å²) in [6, 6.07) is 0. The van der Waals surface area contributed by atoms with Crippen molar-refractivity contribution in [1.29, 1.82) is 0 Å². The van der Waals surface area contributed by atoms with Gasteiger partial charge in [0.25, 0.3) is 0 Å². The lowest BCUT2D eigenvalue weighted by atomic mass is 9.86. The molecule has 0 saturated carbocycles. The van der Waals surface area contributed by atoms with Gasteiger partial charge < -0.3 is 4.74 Å². The van der Waals surface area contributed by atoms with Crippen LogP contribution in [-0.2, 0) is 4.74 Å². The predicted molar refractivity (Wildman–Crippen MR) is 47.3 cm³/mol. The second-order valence-electron chi connectivity index (χ2n) is 4.29. The highest BCUT2D eigenvalue weighted by atomic mass is 16.5. The van der Waals surface area contributed by atoms with Gasteiger partial charge >= 0.3 is 0 Å². The molecule has 0 unspecified atom stereocenters. The Balaban J connectivity index is 2.73. The van der Waals surface area contributed by atoms with Gasteiger partial charge in [-0.15, -0.1) is 0 Å². The van der Waals surface area contributed by atoms with Crippen molar-refractivity contribution in [3.63, 3.8) is 0 Å². The van der Waals surface area contributed by atoms with E-state index in [1.54, 1.807) is 0 Å². The van der Waals surface area contributed by atoms with Gasteiger partial charge in [-0.25, -0.2) is 0 Å². The summed E-state index contributed by atoms with van der Waals surface area (Å²) in [7, 11) is 0. The normalized spacial score (nSPS) is 22.8. The third kappa shape index (κ3) is 2.25. The van der Waals surface area contributed by atoms with Crippen LogP contribution in [-0.4, -0.2) is 6.61 Å². The predicted octanol–water partition coefficient (Wildman–Crippen LogP) is 2.97. The van der Waals surface area contributed by atoms with Crippen molar-refractivity contribution in [2.24, 2.45) is 11.3 Å². The molecular formula is C10H18O. The largest absolute Gasteiger partial charge is 0.498 e. The minimum Gasteiger partial charge on any atom is -0.498 e. The van der Waals surface area contributed by atoms with E-state index in [0.717, 1.165) is 13.0 Å². The first-order valence-corrected chi connectivity index (χ1v) is 4.37. The second kappa shape index (κ2) is 2.88. The Morgan fingerprint density at radius 3 is 2.45 bits per heavy atom. The van der Waals surface area contributed by atoms with Crippen LogP contribution in [0, 0.1) is 11.3 Å². The molecule has 0 aromatic rings. The average Bonchev–Trinajstić information content (AvgIpc) is 1.85. The van der Waals surface area contributed by atoms with E-state index in [-0.39, 0.29) is 0 Å². The van der Waals surface area contributed by atoms with E-state index < -0.39 is 0 Å². The molecule has 1 aliphatic heterocycles. The number of ether oxygens (including phenoxy) is 1. The first kappa shape index (κ1) is 8.63. The minimum atomic E-state index is 0.345. The lowest BCUT2D eigenvalue weighted by molar-refractivity contribution is 0.128. The molecule has 0 atom stereocenters. The van der Waals surface area contributed by atoms with E-state index in [0.29, 0.717) is 11.3 Å². The zero-order valence-corrected chi connectivity index (χ0v) is 7.98. The standard InChI is InChI=1S/C10H18O/c1-8(2)9-7-10(3,4)5-6-11-9/h7-8H,5-6H2,1-4H3. The molecule has 0 radical (unpaired) electrons. The topological polar surface area (TPSA) is 9.23 Å². The molecule has 1 aliphatic rings. The van der Waals surface area contributed by atoms with E-state index in [1.165, 1.54) is 5.76 Å². The Hall–Kier alpha value is -0.460. The number of rotatable bonds is 1. The Labute approximate surface area is 69.4 Å². The van der Waals surface area contributed by atoms with Crippen LogP contribution in [0.3, 0.4) is 0 Å². The lowest BCUT2D eigenvalue weighted by Gasteiger charge is -2.29. The lowest BCUT2D eigenvalue weighted by Crippen LogP contribution is -2.20. The van der Waals surface area contributed by atoms with Crippen molar-refractivity contribution in [3.8, 4) is 0 Å². The highest BCUT2D eigenvalue weighted by Gasteiger charge is 2.22.